The van der Waals surface area contributed by atoms with Crippen molar-refractivity contribution in [1.82, 2.24) is 14.7 Å². The Morgan fingerprint density at radius 2 is 2.20 bits per heavy atom. The monoisotopic (exact) mass is 403 g/mol. The predicted octanol–water partition coefficient (Wildman–Crippen LogP) is 4.73. The Balaban J connectivity index is 1.43. The molecule has 4 rings (SSSR count). The van der Waals surface area contributed by atoms with Gasteiger partial charge < -0.3 is 18.6 Å². The van der Waals surface area contributed by atoms with Crippen LogP contribution in [0.25, 0.3) is 11.3 Å². The fourth-order valence-corrected chi connectivity index (χ4v) is 3.47. The molecule has 1 aromatic carbocycles. The maximum Gasteiger partial charge on any atom is 0.167 e. The van der Waals surface area contributed by atoms with Crippen LogP contribution in [0.4, 0.5) is 0 Å². The maximum absolute atomic E-state index is 6.06. The zero-order valence-corrected chi connectivity index (χ0v) is 17.1. The van der Waals surface area contributed by atoms with Gasteiger partial charge in [0.2, 0.25) is 0 Å². The molecule has 0 bridgehead atoms. The molecule has 2 atom stereocenters. The second-order valence-corrected chi connectivity index (χ2v) is 7.22. The summed E-state index contributed by atoms with van der Waals surface area (Å²) in [6.07, 6.45) is 8.12. The summed E-state index contributed by atoms with van der Waals surface area (Å²) < 4.78 is 19.3. The molecule has 6 nitrogen and oxygen atoms in total. The van der Waals surface area contributed by atoms with E-state index in [9.17, 15) is 0 Å². The lowest BCUT2D eigenvalue weighted by molar-refractivity contribution is -0.188. The number of rotatable bonds is 6. The van der Waals surface area contributed by atoms with Crippen molar-refractivity contribution >= 4 is 0 Å². The Labute approximate surface area is 176 Å². The molecule has 0 radical (unpaired) electrons. The van der Waals surface area contributed by atoms with Crippen molar-refractivity contribution in [2.24, 2.45) is 0 Å². The van der Waals surface area contributed by atoms with Crippen molar-refractivity contribution in [2.75, 3.05) is 6.61 Å². The summed E-state index contributed by atoms with van der Waals surface area (Å²) in [5.74, 6) is 7.42. The smallest absolute Gasteiger partial charge is 0.167 e. The average Bonchev–Trinajstić information content (AvgIpc) is 3.43. The van der Waals surface area contributed by atoms with Crippen LogP contribution in [0.2, 0.25) is 0 Å². The van der Waals surface area contributed by atoms with Gasteiger partial charge >= 0.3 is 0 Å². The molecule has 1 saturated heterocycles. The van der Waals surface area contributed by atoms with Gasteiger partial charge in [0.1, 0.15) is 17.6 Å². The van der Waals surface area contributed by atoms with Crippen LogP contribution >= 0.6 is 0 Å². The SMILES string of the molecule is C=CC#Cc1ccc(-c2cc(Cn3ccnc3[C@H](C)OC3CCCCO3)no2)cc1. The van der Waals surface area contributed by atoms with E-state index < -0.39 is 0 Å². The molecule has 30 heavy (non-hydrogen) atoms. The van der Waals surface area contributed by atoms with Gasteiger partial charge in [-0.3, -0.25) is 0 Å². The molecule has 0 N–H and O–H groups in total. The van der Waals surface area contributed by atoms with Crippen LogP contribution < -0.4 is 0 Å². The van der Waals surface area contributed by atoms with Crippen LogP contribution in [0.15, 0.2) is 59.9 Å². The number of allylic oxidation sites excluding steroid dienone is 1. The summed E-state index contributed by atoms with van der Waals surface area (Å²) in [5.41, 5.74) is 2.70. The van der Waals surface area contributed by atoms with Crippen molar-refractivity contribution in [3.63, 3.8) is 0 Å². The van der Waals surface area contributed by atoms with E-state index in [0.29, 0.717) is 6.54 Å². The second kappa shape index (κ2) is 9.57. The molecule has 3 aromatic rings. The van der Waals surface area contributed by atoms with Gasteiger partial charge in [-0.1, -0.05) is 23.6 Å². The van der Waals surface area contributed by atoms with Gasteiger partial charge in [0.25, 0.3) is 0 Å². The molecular formula is C24H25N3O3. The highest BCUT2D eigenvalue weighted by molar-refractivity contribution is 5.59. The molecular weight excluding hydrogens is 378 g/mol. The van der Waals surface area contributed by atoms with E-state index in [4.69, 9.17) is 14.0 Å². The van der Waals surface area contributed by atoms with E-state index in [2.05, 4.69) is 28.6 Å². The van der Waals surface area contributed by atoms with Gasteiger partial charge in [-0.2, -0.15) is 0 Å². The molecule has 0 saturated carbocycles. The Bertz CT molecular complexity index is 1030. The van der Waals surface area contributed by atoms with E-state index in [1.165, 1.54) is 0 Å². The molecule has 1 fully saturated rings. The quantitative estimate of drug-likeness (QED) is 0.557. The van der Waals surface area contributed by atoms with Crippen LogP contribution in [0.3, 0.4) is 0 Å². The fraction of sp³-hybridized carbons (Fsp3) is 0.333. The molecule has 154 valence electrons. The molecule has 1 unspecified atom stereocenters. The molecule has 0 aliphatic carbocycles. The molecule has 3 heterocycles. The third kappa shape index (κ3) is 4.88. The summed E-state index contributed by atoms with van der Waals surface area (Å²) in [5, 5.41) is 4.23. The first kappa shape index (κ1) is 20.1. The topological polar surface area (TPSA) is 62.3 Å². The van der Waals surface area contributed by atoms with E-state index in [1.54, 1.807) is 12.3 Å². The first-order valence-corrected chi connectivity index (χ1v) is 10.2. The van der Waals surface area contributed by atoms with Crippen LogP contribution in [0.1, 0.15) is 49.4 Å². The minimum Gasteiger partial charge on any atom is -0.356 e. The highest BCUT2D eigenvalue weighted by atomic mass is 16.7. The van der Waals surface area contributed by atoms with Crippen molar-refractivity contribution in [1.29, 1.82) is 0 Å². The molecule has 1 aliphatic rings. The largest absolute Gasteiger partial charge is 0.356 e. The maximum atomic E-state index is 6.06. The molecule has 0 spiro atoms. The minimum absolute atomic E-state index is 0.156. The fourth-order valence-electron chi connectivity index (χ4n) is 3.47. The molecule has 6 heteroatoms. The van der Waals surface area contributed by atoms with Gasteiger partial charge in [-0.05, 0) is 56.5 Å². The third-order valence-corrected chi connectivity index (χ3v) is 4.98. The summed E-state index contributed by atoms with van der Waals surface area (Å²) in [4.78, 5) is 4.48. The van der Waals surface area contributed by atoms with Gasteiger partial charge in [0.05, 0.1) is 6.54 Å². The minimum atomic E-state index is -0.168. The third-order valence-electron chi connectivity index (χ3n) is 4.98. The number of aromatic nitrogens is 3. The summed E-state index contributed by atoms with van der Waals surface area (Å²) in [6.45, 7) is 6.92. The Hall–Kier alpha value is -3.14. The first-order chi connectivity index (χ1) is 14.7. The lowest BCUT2D eigenvalue weighted by atomic mass is 10.1. The summed E-state index contributed by atoms with van der Waals surface area (Å²) >= 11 is 0. The molecule has 2 aromatic heterocycles. The second-order valence-electron chi connectivity index (χ2n) is 7.22. The van der Waals surface area contributed by atoms with Crippen LogP contribution in [0, 0.1) is 11.8 Å². The number of ether oxygens (including phenoxy) is 2. The normalized spacial score (nSPS) is 17.2. The van der Waals surface area contributed by atoms with Crippen LogP contribution in [-0.2, 0) is 16.0 Å². The summed E-state index contributed by atoms with van der Waals surface area (Å²) in [7, 11) is 0. The lowest BCUT2D eigenvalue weighted by Gasteiger charge is -2.26. The van der Waals surface area contributed by atoms with E-state index in [0.717, 1.165) is 54.3 Å². The average molecular weight is 403 g/mol. The van der Waals surface area contributed by atoms with Crippen molar-refractivity contribution in [2.45, 2.75) is 45.1 Å². The Morgan fingerprint density at radius 3 is 2.97 bits per heavy atom. The van der Waals surface area contributed by atoms with Gasteiger partial charge in [-0.15, -0.1) is 0 Å². The number of hydrogen-bond acceptors (Lipinski definition) is 5. The first-order valence-electron chi connectivity index (χ1n) is 10.2. The van der Waals surface area contributed by atoms with Gasteiger partial charge in [-0.25, -0.2) is 4.98 Å². The van der Waals surface area contributed by atoms with Gasteiger partial charge in [0.15, 0.2) is 12.1 Å². The Morgan fingerprint density at radius 1 is 1.33 bits per heavy atom. The Kier molecular flexibility index (Phi) is 6.43. The van der Waals surface area contributed by atoms with E-state index in [1.807, 2.05) is 48.0 Å². The zero-order valence-electron chi connectivity index (χ0n) is 17.1. The van der Waals surface area contributed by atoms with Crippen molar-refractivity contribution in [3.8, 4) is 23.2 Å². The zero-order chi connectivity index (χ0) is 20.8. The number of imidazole rings is 1. The van der Waals surface area contributed by atoms with E-state index >= 15 is 0 Å². The highest BCUT2D eigenvalue weighted by Gasteiger charge is 2.21. The van der Waals surface area contributed by atoms with Crippen molar-refractivity contribution < 1.29 is 14.0 Å². The number of benzene rings is 1. The lowest BCUT2D eigenvalue weighted by Crippen LogP contribution is -2.24. The number of nitrogens with zero attached hydrogens (tertiary/aromatic N) is 3. The standard InChI is InChI=1S/C24H25N3O3/c1-3-4-7-19-9-11-20(12-10-19)22-16-21(26-30-22)17-27-14-13-25-24(27)18(2)29-23-8-5-6-15-28-23/h3,9-14,16,18,23H,1,5-6,8,15,17H2,2H3/t18-,23?/m0/s1. The molecule has 0 amide bonds. The summed E-state index contributed by atoms with van der Waals surface area (Å²) in [6, 6.07) is 9.80. The highest BCUT2D eigenvalue weighted by Crippen LogP contribution is 2.24. The predicted molar refractivity (Wildman–Crippen MR) is 113 cm³/mol. The van der Waals surface area contributed by atoms with Crippen molar-refractivity contribution in [3.05, 3.63) is 72.5 Å². The van der Waals surface area contributed by atoms with E-state index in [-0.39, 0.29) is 12.4 Å². The van der Waals surface area contributed by atoms with Crippen LogP contribution in [0.5, 0.6) is 0 Å². The van der Waals surface area contributed by atoms with Gasteiger partial charge in [0, 0.05) is 36.2 Å². The number of hydrogen-bond donors (Lipinski definition) is 0. The molecule has 1 aliphatic heterocycles. The van der Waals surface area contributed by atoms with Crippen LogP contribution in [-0.4, -0.2) is 27.6 Å².